The largest absolute Gasteiger partial charge is 0.397 e. The van der Waals surface area contributed by atoms with E-state index < -0.39 is 0 Å². The van der Waals surface area contributed by atoms with Crippen LogP contribution in [0.1, 0.15) is 11.1 Å². The van der Waals surface area contributed by atoms with Gasteiger partial charge in [-0.2, -0.15) is 0 Å². The van der Waals surface area contributed by atoms with E-state index in [1.165, 1.54) is 0 Å². The molecule has 0 aliphatic carbocycles. The van der Waals surface area contributed by atoms with E-state index in [1.54, 1.807) is 18.2 Å². The first kappa shape index (κ1) is 11.7. The van der Waals surface area contributed by atoms with Crippen LogP contribution in [0, 0.1) is 0 Å². The van der Waals surface area contributed by atoms with Crippen molar-refractivity contribution in [3.63, 3.8) is 0 Å². The van der Waals surface area contributed by atoms with Crippen molar-refractivity contribution in [2.24, 2.45) is 0 Å². The summed E-state index contributed by atoms with van der Waals surface area (Å²) in [4.78, 5) is 0. The lowest BCUT2D eigenvalue weighted by Crippen LogP contribution is -2.03. The summed E-state index contributed by atoms with van der Waals surface area (Å²) in [5.74, 6) is 0. The minimum Gasteiger partial charge on any atom is -0.397 e. The fourth-order valence-corrected chi connectivity index (χ4v) is 1.77. The van der Waals surface area contributed by atoms with Crippen LogP contribution >= 0.6 is 11.6 Å². The van der Waals surface area contributed by atoms with Crippen LogP contribution in [-0.2, 0) is 12.8 Å². The van der Waals surface area contributed by atoms with Crippen LogP contribution in [0.15, 0.2) is 31.4 Å². The number of nitrogen functional groups attached to an aromatic ring is 2. The summed E-state index contributed by atoms with van der Waals surface area (Å²) in [6.45, 7) is 7.34. The molecule has 0 bridgehead atoms. The maximum atomic E-state index is 6.21. The lowest BCUT2D eigenvalue weighted by atomic mass is 10.0. The Morgan fingerprint density at radius 2 is 1.80 bits per heavy atom. The van der Waals surface area contributed by atoms with Crippen molar-refractivity contribution in [2.75, 3.05) is 11.5 Å². The number of anilines is 2. The molecule has 1 aromatic rings. The van der Waals surface area contributed by atoms with Gasteiger partial charge in [0, 0.05) is 5.02 Å². The number of hydrogen-bond acceptors (Lipinski definition) is 2. The van der Waals surface area contributed by atoms with Gasteiger partial charge in [0.15, 0.2) is 0 Å². The van der Waals surface area contributed by atoms with Gasteiger partial charge in [-0.05, 0) is 30.0 Å². The maximum absolute atomic E-state index is 6.21. The molecule has 15 heavy (non-hydrogen) atoms. The zero-order valence-electron chi connectivity index (χ0n) is 8.59. The second kappa shape index (κ2) is 4.89. The summed E-state index contributed by atoms with van der Waals surface area (Å²) in [5.41, 5.74) is 14.6. The van der Waals surface area contributed by atoms with E-state index in [9.17, 15) is 0 Å². The predicted molar refractivity (Wildman–Crippen MR) is 68.1 cm³/mol. The smallest absolute Gasteiger partial charge is 0.0598 e. The summed E-state index contributed by atoms with van der Waals surface area (Å²) in [7, 11) is 0. The first-order chi connectivity index (χ1) is 7.11. The van der Waals surface area contributed by atoms with Crippen molar-refractivity contribution in [1.29, 1.82) is 0 Å². The Hall–Kier alpha value is -1.41. The normalized spacial score (nSPS) is 9.93. The van der Waals surface area contributed by atoms with Crippen molar-refractivity contribution in [1.82, 2.24) is 0 Å². The number of hydrogen-bond donors (Lipinski definition) is 2. The molecule has 0 saturated carbocycles. The minimum absolute atomic E-state index is 0.549. The molecule has 1 aromatic carbocycles. The standard InChI is InChI=1S/C12H15ClN2/c1-3-5-8-7-10(14)12(15)9(6-4-2)11(8)13/h3-4,7H,1-2,5-6,14-15H2. The monoisotopic (exact) mass is 222 g/mol. The average molecular weight is 223 g/mol. The van der Waals surface area contributed by atoms with Gasteiger partial charge in [-0.25, -0.2) is 0 Å². The third-order valence-electron chi connectivity index (χ3n) is 2.23. The number of rotatable bonds is 4. The molecule has 3 heteroatoms. The molecule has 0 heterocycles. The molecule has 0 radical (unpaired) electrons. The molecule has 0 atom stereocenters. The maximum Gasteiger partial charge on any atom is 0.0598 e. The molecule has 0 unspecified atom stereocenters. The molecular formula is C12H15ClN2. The molecular weight excluding hydrogens is 208 g/mol. The Morgan fingerprint density at radius 1 is 1.20 bits per heavy atom. The Labute approximate surface area is 95.2 Å². The number of allylic oxidation sites excluding steroid dienone is 2. The van der Waals surface area contributed by atoms with E-state index in [4.69, 9.17) is 23.1 Å². The van der Waals surface area contributed by atoms with Crippen molar-refractivity contribution in [2.45, 2.75) is 12.8 Å². The van der Waals surface area contributed by atoms with Crippen molar-refractivity contribution in [3.05, 3.63) is 47.5 Å². The molecule has 0 aliphatic heterocycles. The molecule has 0 aromatic heterocycles. The highest BCUT2D eigenvalue weighted by molar-refractivity contribution is 6.32. The third kappa shape index (κ3) is 2.34. The van der Waals surface area contributed by atoms with Gasteiger partial charge in [-0.1, -0.05) is 23.8 Å². The van der Waals surface area contributed by atoms with E-state index in [1.807, 2.05) is 0 Å². The zero-order chi connectivity index (χ0) is 11.4. The van der Waals surface area contributed by atoms with Crippen LogP contribution in [0.5, 0.6) is 0 Å². The van der Waals surface area contributed by atoms with E-state index in [-0.39, 0.29) is 0 Å². The molecule has 1 rings (SSSR count). The lowest BCUT2D eigenvalue weighted by molar-refractivity contribution is 1.21. The van der Waals surface area contributed by atoms with Crippen molar-refractivity contribution < 1.29 is 0 Å². The highest BCUT2D eigenvalue weighted by atomic mass is 35.5. The van der Waals surface area contributed by atoms with Gasteiger partial charge in [0.05, 0.1) is 11.4 Å². The molecule has 0 amide bonds. The lowest BCUT2D eigenvalue weighted by Gasteiger charge is -2.12. The second-order valence-corrected chi connectivity index (χ2v) is 3.69. The summed E-state index contributed by atoms with van der Waals surface area (Å²) >= 11 is 6.21. The average Bonchev–Trinajstić information content (AvgIpc) is 2.21. The highest BCUT2D eigenvalue weighted by Crippen LogP contribution is 2.32. The van der Waals surface area contributed by atoms with Gasteiger partial charge in [0.2, 0.25) is 0 Å². The molecule has 0 aliphatic rings. The topological polar surface area (TPSA) is 52.0 Å². The SMILES string of the molecule is C=CCc1cc(N)c(N)c(CC=C)c1Cl. The van der Waals surface area contributed by atoms with Gasteiger partial charge < -0.3 is 11.5 Å². The minimum atomic E-state index is 0.549. The van der Waals surface area contributed by atoms with Crippen LogP contribution in [-0.4, -0.2) is 0 Å². The molecule has 80 valence electrons. The predicted octanol–water partition coefficient (Wildman–Crippen LogP) is 2.96. The second-order valence-electron chi connectivity index (χ2n) is 3.32. The molecule has 0 saturated heterocycles. The van der Waals surface area contributed by atoms with Crippen LogP contribution < -0.4 is 11.5 Å². The Kier molecular flexibility index (Phi) is 3.81. The van der Waals surface area contributed by atoms with E-state index >= 15 is 0 Å². The number of benzene rings is 1. The van der Waals surface area contributed by atoms with Crippen LogP contribution in [0.25, 0.3) is 0 Å². The van der Waals surface area contributed by atoms with Crippen molar-refractivity contribution >= 4 is 23.0 Å². The first-order valence-corrected chi connectivity index (χ1v) is 5.06. The Balaban J connectivity index is 3.33. The first-order valence-electron chi connectivity index (χ1n) is 4.68. The van der Waals surface area contributed by atoms with Gasteiger partial charge in [-0.15, -0.1) is 13.2 Å². The van der Waals surface area contributed by atoms with Gasteiger partial charge in [0.1, 0.15) is 0 Å². The van der Waals surface area contributed by atoms with Gasteiger partial charge in [0.25, 0.3) is 0 Å². The summed E-state index contributed by atoms with van der Waals surface area (Å²) in [5, 5.41) is 0.668. The van der Waals surface area contributed by atoms with Crippen molar-refractivity contribution in [3.8, 4) is 0 Å². The Morgan fingerprint density at radius 3 is 2.33 bits per heavy atom. The van der Waals surface area contributed by atoms with E-state index in [0.717, 1.165) is 11.1 Å². The summed E-state index contributed by atoms with van der Waals surface area (Å²) < 4.78 is 0. The van der Waals surface area contributed by atoms with Crippen LogP contribution in [0.2, 0.25) is 5.02 Å². The summed E-state index contributed by atoms with van der Waals surface area (Å²) in [6.07, 6.45) is 4.86. The van der Waals surface area contributed by atoms with Gasteiger partial charge >= 0.3 is 0 Å². The fraction of sp³-hybridized carbons (Fsp3) is 0.167. The molecule has 0 fully saturated rings. The van der Waals surface area contributed by atoms with E-state index in [2.05, 4.69) is 13.2 Å². The van der Waals surface area contributed by atoms with Crippen LogP contribution in [0.4, 0.5) is 11.4 Å². The van der Waals surface area contributed by atoms with E-state index in [0.29, 0.717) is 29.2 Å². The zero-order valence-corrected chi connectivity index (χ0v) is 9.35. The fourth-order valence-electron chi connectivity index (χ4n) is 1.46. The number of halogens is 1. The highest BCUT2D eigenvalue weighted by Gasteiger charge is 2.11. The molecule has 4 N–H and O–H groups in total. The summed E-state index contributed by atoms with van der Waals surface area (Å²) in [6, 6.07) is 1.80. The van der Waals surface area contributed by atoms with Crippen LogP contribution in [0.3, 0.4) is 0 Å². The number of nitrogens with two attached hydrogens (primary N) is 2. The quantitative estimate of drug-likeness (QED) is 0.608. The third-order valence-corrected chi connectivity index (χ3v) is 2.70. The van der Waals surface area contributed by atoms with Gasteiger partial charge in [-0.3, -0.25) is 0 Å². The molecule has 0 spiro atoms. The Bertz CT molecular complexity index is 397. The molecule has 2 nitrogen and oxygen atoms in total.